The van der Waals surface area contributed by atoms with E-state index in [9.17, 15) is 14.7 Å². The van der Waals surface area contributed by atoms with Gasteiger partial charge in [0.05, 0.1) is 6.54 Å². The smallest absolute Gasteiger partial charge is 0.407 e. The molecular formula is C24H25N3O4. The first kappa shape index (κ1) is 20.7. The minimum Gasteiger partial charge on any atom is -0.480 e. The van der Waals surface area contributed by atoms with E-state index in [1.807, 2.05) is 50.2 Å². The van der Waals surface area contributed by atoms with Gasteiger partial charge < -0.3 is 19.7 Å². The van der Waals surface area contributed by atoms with E-state index in [0.29, 0.717) is 0 Å². The van der Waals surface area contributed by atoms with Crippen LogP contribution in [-0.4, -0.2) is 39.4 Å². The molecule has 1 heterocycles. The summed E-state index contributed by atoms with van der Waals surface area (Å²) in [6, 6.07) is 15.0. The van der Waals surface area contributed by atoms with Crippen molar-refractivity contribution in [3.63, 3.8) is 0 Å². The Morgan fingerprint density at radius 3 is 2.29 bits per heavy atom. The minimum absolute atomic E-state index is 0.0764. The molecule has 1 amide bonds. The van der Waals surface area contributed by atoms with Gasteiger partial charge in [0.2, 0.25) is 0 Å². The van der Waals surface area contributed by atoms with E-state index in [4.69, 9.17) is 4.74 Å². The van der Waals surface area contributed by atoms with Crippen LogP contribution in [0.1, 0.15) is 42.6 Å². The molecule has 0 bridgehead atoms. The van der Waals surface area contributed by atoms with Crippen molar-refractivity contribution < 1.29 is 19.4 Å². The molecule has 4 rings (SSSR count). The van der Waals surface area contributed by atoms with Gasteiger partial charge in [-0.1, -0.05) is 62.4 Å². The second-order valence-electron chi connectivity index (χ2n) is 7.95. The lowest BCUT2D eigenvalue weighted by Crippen LogP contribution is -2.44. The van der Waals surface area contributed by atoms with E-state index in [1.165, 1.54) is 0 Å². The molecule has 7 heteroatoms. The summed E-state index contributed by atoms with van der Waals surface area (Å²) in [5.74, 6) is -0.306. The van der Waals surface area contributed by atoms with Crippen molar-refractivity contribution in [3.05, 3.63) is 77.9 Å². The Morgan fingerprint density at radius 2 is 1.71 bits per heavy atom. The predicted octanol–water partition coefficient (Wildman–Crippen LogP) is 4.00. The van der Waals surface area contributed by atoms with Crippen LogP contribution in [-0.2, 0) is 16.1 Å². The summed E-state index contributed by atoms with van der Waals surface area (Å²) in [4.78, 5) is 28.5. The van der Waals surface area contributed by atoms with E-state index in [2.05, 4.69) is 22.4 Å². The Kier molecular flexibility index (Phi) is 5.75. The van der Waals surface area contributed by atoms with Crippen LogP contribution in [0.4, 0.5) is 4.79 Å². The molecule has 0 radical (unpaired) electrons. The third kappa shape index (κ3) is 4.17. The van der Waals surface area contributed by atoms with Crippen molar-refractivity contribution >= 4 is 12.1 Å². The molecular weight excluding hydrogens is 394 g/mol. The molecule has 0 aliphatic heterocycles. The Hall–Kier alpha value is -3.61. The molecule has 0 saturated heterocycles. The number of aromatic nitrogens is 2. The first-order chi connectivity index (χ1) is 15.0. The van der Waals surface area contributed by atoms with Crippen LogP contribution in [0.5, 0.6) is 0 Å². The lowest BCUT2D eigenvalue weighted by molar-refractivity contribution is -0.139. The molecule has 2 N–H and O–H groups in total. The third-order valence-electron chi connectivity index (χ3n) is 5.58. The van der Waals surface area contributed by atoms with Gasteiger partial charge >= 0.3 is 12.1 Å². The average Bonchev–Trinajstić information content (AvgIpc) is 3.34. The Morgan fingerprint density at radius 1 is 1.10 bits per heavy atom. The van der Waals surface area contributed by atoms with Crippen molar-refractivity contribution in [1.29, 1.82) is 0 Å². The fourth-order valence-electron chi connectivity index (χ4n) is 4.14. The quantitative estimate of drug-likeness (QED) is 0.604. The van der Waals surface area contributed by atoms with Crippen LogP contribution >= 0.6 is 0 Å². The zero-order valence-electron chi connectivity index (χ0n) is 17.5. The number of carbonyl (C=O) groups is 2. The summed E-state index contributed by atoms with van der Waals surface area (Å²) in [5, 5.41) is 12.1. The van der Waals surface area contributed by atoms with Crippen molar-refractivity contribution in [2.75, 3.05) is 6.61 Å². The number of fused-ring (bicyclic) bond motifs is 3. The Balaban J connectivity index is 1.44. The molecule has 1 aromatic heterocycles. The molecule has 7 nitrogen and oxygen atoms in total. The van der Waals surface area contributed by atoms with Crippen LogP contribution < -0.4 is 5.32 Å². The number of carboxylic acid groups (broad SMARTS) is 1. The molecule has 160 valence electrons. The Labute approximate surface area is 180 Å². The number of aliphatic carboxylic acids is 1. The number of nitrogens with zero attached hydrogens (tertiary/aromatic N) is 2. The maximum atomic E-state index is 12.5. The van der Waals surface area contributed by atoms with E-state index in [0.717, 1.165) is 28.1 Å². The maximum Gasteiger partial charge on any atom is 0.407 e. The highest BCUT2D eigenvalue weighted by atomic mass is 16.5. The van der Waals surface area contributed by atoms with Crippen molar-refractivity contribution in [2.45, 2.75) is 38.3 Å². The van der Waals surface area contributed by atoms with E-state index < -0.39 is 18.1 Å². The van der Waals surface area contributed by atoms with Crippen LogP contribution in [0, 0.1) is 0 Å². The SMILES string of the molecule is CC(C)c1nccn1CC(NC(=O)OCC1c2ccccc2-c2ccccc21)C(=O)O. The maximum absolute atomic E-state index is 12.5. The van der Waals surface area contributed by atoms with Gasteiger partial charge in [-0.2, -0.15) is 0 Å². The summed E-state index contributed by atoms with van der Waals surface area (Å²) in [7, 11) is 0. The fraction of sp³-hybridized carbons (Fsp3) is 0.292. The van der Waals surface area contributed by atoms with Crippen molar-refractivity contribution in [3.8, 4) is 11.1 Å². The van der Waals surface area contributed by atoms with Gasteiger partial charge in [-0.25, -0.2) is 14.6 Å². The lowest BCUT2D eigenvalue weighted by atomic mass is 9.98. The summed E-state index contributed by atoms with van der Waals surface area (Å²) in [5.41, 5.74) is 4.48. The van der Waals surface area contributed by atoms with Gasteiger partial charge in [0.25, 0.3) is 0 Å². The van der Waals surface area contributed by atoms with Crippen LogP contribution in [0.25, 0.3) is 11.1 Å². The standard InChI is InChI=1S/C24H25N3O4/c1-15(2)22-25-11-12-27(22)13-21(23(28)29)26-24(30)31-14-20-18-9-5-3-7-16(18)17-8-4-6-10-19(17)20/h3-12,15,20-21H,13-14H2,1-2H3,(H,26,30)(H,28,29). The summed E-state index contributed by atoms with van der Waals surface area (Å²) >= 11 is 0. The van der Waals surface area contributed by atoms with Crippen LogP contribution in [0.15, 0.2) is 60.9 Å². The number of benzene rings is 2. The molecule has 1 aliphatic carbocycles. The number of hydrogen-bond donors (Lipinski definition) is 2. The zero-order valence-corrected chi connectivity index (χ0v) is 17.5. The topological polar surface area (TPSA) is 93.5 Å². The highest BCUT2D eigenvalue weighted by Crippen LogP contribution is 2.44. The number of carbonyl (C=O) groups excluding carboxylic acids is 1. The number of rotatable bonds is 7. The molecule has 0 saturated carbocycles. The first-order valence-electron chi connectivity index (χ1n) is 10.3. The number of imidazole rings is 1. The van der Waals surface area contributed by atoms with Crippen molar-refractivity contribution in [1.82, 2.24) is 14.9 Å². The molecule has 0 fully saturated rings. The monoisotopic (exact) mass is 419 g/mol. The van der Waals surface area contributed by atoms with Gasteiger partial charge in [0, 0.05) is 24.2 Å². The molecule has 3 aromatic rings. The number of carboxylic acids is 1. The number of hydrogen-bond acceptors (Lipinski definition) is 4. The second-order valence-corrected chi connectivity index (χ2v) is 7.95. The van der Waals surface area contributed by atoms with Gasteiger partial charge in [-0.05, 0) is 22.3 Å². The Bertz CT molecular complexity index is 1060. The first-order valence-corrected chi connectivity index (χ1v) is 10.3. The number of nitrogens with one attached hydrogen (secondary N) is 1. The molecule has 31 heavy (non-hydrogen) atoms. The lowest BCUT2D eigenvalue weighted by Gasteiger charge is -2.19. The normalized spacial score (nSPS) is 13.5. The molecule has 0 spiro atoms. The third-order valence-corrected chi connectivity index (χ3v) is 5.58. The highest BCUT2D eigenvalue weighted by molar-refractivity contribution is 5.81. The van der Waals surface area contributed by atoms with E-state index in [1.54, 1.807) is 17.0 Å². The average molecular weight is 419 g/mol. The van der Waals surface area contributed by atoms with Crippen LogP contribution in [0.2, 0.25) is 0 Å². The molecule has 1 atom stereocenters. The summed E-state index contributed by atoms with van der Waals surface area (Å²) < 4.78 is 7.22. The zero-order chi connectivity index (χ0) is 22.0. The van der Waals surface area contributed by atoms with Gasteiger partial charge in [-0.15, -0.1) is 0 Å². The van der Waals surface area contributed by atoms with Crippen LogP contribution in [0.3, 0.4) is 0 Å². The number of alkyl carbamates (subject to hydrolysis) is 1. The largest absolute Gasteiger partial charge is 0.480 e. The molecule has 1 aliphatic rings. The predicted molar refractivity (Wildman–Crippen MR) is 116 cm³/mol. The number of amides is 1. The van der Waals surface area contributed by atoms with E-state index >= 15 is 0 Å². The van der Waals surface area contributed by atoms with Gasteiger partial charge in [0.15, 0.2) is 0 Å². The number of ether oxygens (including phenoxy) is 1. The molecule has 2 aromatic carbocycles. The fourth-order valence-corrected chi connectivity index (χ4v) is 4.14. The highest BCUT2D eigenvalue weighted by Gasteiger charge is 2.30. The minimum atomic E-state index is -1.13. The summed E-state index contributed by atoms with van der Waals surface area (Å²) in [6.45, 7) is 4.17. The van der Waals surface area contributed by atoms with Gasteiger partial charge in [-0.3, -0.25) is 0 Å². The van der Waals surface area contributed by atoms with Gasteiger partial charge in [0.1, 0.15) is 18.5 Å². The molecule has 1 unspecified atom stereocenters. The van der Waals surface area contributed by atoms with Crippen molar-refractivity contribution in [2.24, 2.45) is 0 Å². The second kappa shape index (κ2) is 8.63. The van der Waals surface area contributed by atoms with E-state index in [-0.39, 0.29) is 25.0 Å². The summed E-state index contributed by atoms with van der Waals surface area (Å²) in [6.07, 6.45) is 2.59.